The predicted molar refractivity (Wildman–Crippen MR) is 86.9 cm³/mol. The number of aromatic nitrogens is 2. The van der Waals surface area contributed by atoms with Gasteiger partial charge in [0.25, 0.3) is 0 Å². The summed E-state index contributed by atoms with van der Waals surface area (Å²) in [4.78, 5) is 11.8. The van der Waals surface area contributed by atoms with E-state index in [4.69, 9.17) is 4.98 Å². The molecule has 0 aromatic carbocycles. The molecule has 21 heavy (non-hydrogen) atoms. The number of likely N-dealkylation sites (tertiary alicyclic amines) is 1. The first-order chi connectivity index (χ1) is 10.2. The molecule has 2 aliphatic rings. The second-order valence-corrected chi connectivity index (χ2v) is 6.58. The van der Waals surface area contributed by atoms with Crippen molar-refractivity contribution in [3.63, 3.8) is 0 Å². The van der Waals surface area contributed by atoms with Crippen LogP contribution in [-0.2, 0) is 0 Å². The second-order valence-electron chi connectivity index (χ2n) is 6.58. The first-order valence-electron chi connectivity index (χ1n) is 8.23. The normalized spacial score (nSPS) is 26.6. The zero-order valence-corrected chi connectivity index (χ0v) is 13.4. The van der Waals surface area contributed by atoms with Crippen LogP contribution in [0.15, 0.2) is 6.07 Å². The Kier molecular flexibility index (Phi) is 4.29. The molecule has 0 spiro atoms. The molecule has 2 N–H and O–H groups in total. The molecular formula is C16H27N5. The van der Waals surface area contributed by atoms with Crippen LogP contribution in [0.5, 0.6) is 0 Å². The summed E-state index contributed by atoms with van der Waals surface area (Å²) in [6.07, 6.45) is 3.65. The average molecular weight is 289 g/mol. The van der Waals surface area contributed by atoms with Gasteiger partial charge in [-0.05, 0) is 45.7 Å². The van der Waals surface area contributed by atoms with Gasteiger partial charge >= 0.3 is 0 Å². The van der Waals surface area contributed by atoms with Crippen LogP contribution >= 0.6 is 0 Å². The van der Waals surface area contributed by atoms with Gasteiger partial charge in [0.05, 0.1) is 0 Å². The van der Waals surface area contributed by atoms with Crippen molar-refractivity contribution in [2.24, 2.45) is 5.92 Å². The van der Waals surface area contributed by atoms with Crippen LogP contribution < -0.4 is 10.6 Å². The number of hydrogen-bond acceptors (Lipinski definition) is 5. The average Bonchev–Trinajstić information content (AvgIpc) is 3.27. The van der Waals surface area contributed by atoms with E-state index in [0.717, 1.165) is 37.1 Å². The molecule has 1 saturated carbocycles. The molecule has 3 rings (SSSR count). The van der Waals surface area contributed by atoms with Crippen LogP contribution in [0.25, 0.3) is 0 Å². The maximum absolute atomic E-state index is 4.75. The molecule has 5 heteroatoms. The van der Waals surface area contributed by atoms with Crippen LogP contribution in [0.3, 0.4) is 0 Å². The quantitative estimate of drug-likeness (QED) is 0.872. The molecule has 2 unspecified atom stereocenters. The van der Waals surface area contributed by atoms with Crippen LogP contribution in [-0.4, -0.2) is 47.6 Å². The summed E-state index contributed by atoms with van der Waals surface area (Å²) >= 11 is 0. The van der Waals surface area contributed by atoms with Crippen molar-refractivity contribution in [3.05, 3.63) is 11.9 Å². The summed E-state index contributed by atoms with van der Waals surface area (Å²) in [5, 5.41) is 6.98. The maximum atomic E-state index is 4.75. The maximum Gasteiger partial charge on any atom is 0.136 e. The highest BCUT2D eigenvalue weighted by atomic mass is 15.1. The van der Waals surface area contributed by atoms with Gasteiger partial charge in [0, 0.05) is 31.1 Å². The number of hydrogen-bond donors (Lipinski definition) is 2. The zero-order chi connectivity index (χ0) is 14.8. The monoisotopic (exact) mass is 289 g/mol. The molecule has 0 amide bonds. The Hall–Kier alpha value is -1.36. The molecule has 2 atom stereocenters. The van der Waals surface area contributed by atoms with E-state index >= 15 is 0 Å². The third-order valence-corrected chi connectivity index (χ3v) is 4.49. The molecule has 1 aromatic heterocycles. The number of nitrogens with one attached hydrogen (secondary N) is 2. The summed E-state index contributed by atoms with van der Waals surface area (Å²) in [5.74, 6) is 4.18. The summed E-state index contributed by atoms with van der Waals surface area (Å²) in [7, 11) is 2.20. The van der Waals surface area contributed by atoms with E-state index in [1.165, 1.54) is 19.3 Å². The first kappa shape index (κ1) is 14.6. The molecule has 0 radical (unpaired) electrons. The van der Waals surface area contributed by atoms with Crippen molar-refractivity contribution in [3.8, 4) is 0 Å². The lowest BCUT2D eigenvalue weighted by molar-refractivity contribution is 0.206. The van der Waals surface area contributed by atoms with Gasteiger partial charge in [0.2, 0.25) is 0 Å². The molecule has 2 fully saturated rings. The lowest BCUT2D eigenvalue weighted by Gasteiger charge is -2.35. The minimum Gasteiger partial charge on any atom is -0.370 e. The van der Waals surface area contributed by atoms with Gasteiger partial charge in [-0.15, -0.1) is 0 Å². The Bertz CT molecular complexity index is 486. The SMILES string of the molecule is CCNc1cc(NC2CCN(C)CC2C)nc(C2CC2)n1. The molecular weight excluding hydrogens is 262 g/mol. The lowest BCUT2D eigenvalue weighted by Crippen LogP contribution is -2.43. The highest BCUT2D eigenvalue weighted by molar-refractivity contribution is 5.48. The number of anilines is 2. The van der Waals surface area contributed by atoms with E-state index in [-0.39, 0.29) is 0 Å². The predicted octanol–water partition coefficient (Wildman–Crippen LogP) is 2.54. The third kappa shape index (κ3) is 3.64. The third-order valence-electron chi connectivity index (χ3n) is 4.49. The molecule has 1 aliphatic carbocycles. The smallest absolute Gasteiger partial charge is 0.136 e. The Morgan fingerprint density at radius 1 is 1.24 bits per heavy atom. The van der Waals surface area contributed by atoms with E-state index in [9.17, 15) is 0 Å². The van der Waals surface area contributed by atoms with Crippen molar-refractivity contribution < 1.29 is 0 Å². The molecule has 0 bridgehead atoms. The summed E-state index contributed by atoms with van der Waals surface area (Å²) in [5.41, 5.74) is 0. The molecule has 1 aromatic rings. The minimum absolute atomic E-state index is 0.512. The lowest BCUT2D eigenvalue weighted by atomic mass is 9.94. The van der Waals surface area contributed by atoms with Crippen LogP contribution in [0.2, 0.25) is 0 Å². The molecule has 5 nitrogen and oxygen atoms in total. The molecule has 1 saturated heterocycles. The van der Waals surface area contributed by atoms with Crippen molar-refractivity contribution >= 4 is 11.6 Å². The van der Waals surface area contributed by atoms with Crippen molar-refractivity contribution in [2.75, 3.05) is 37.3 Å². The van der Waals surface area contributed by atoms with Gasteiger partial charge in [-0.1, -0.05) is 6.92 Å². The minimum atomic E-state index is 0.512. The van der Waals surface area contributed by atoms with Crippen molar-refractivity contribution in [2.45, 2.75) is 45.1 Å². The van der Waals surface area contributed by atoms with Crippen molar-refractivity contribution in [1.29, 1.82) is 0 Å². The summed E-state index contributed by atoms with van der Waals surface area (Å²) in [6.45, 7) is 7.62. The number of nitrogens with zero attached hydrogens (tertiary/aromatic N) is 3. The number of piperidine rings is 1. The Morgan fingerprint density at radius 3 is 2.67 bits per heavy atom. The highest BCUT2D eigenvalue weighted by Gasteiger charge is 2.28. The highest BCUT2D eigenvalue weighted by Crippen LogP contribution is 2.39. The van der Waals surface area contributed by atoms with Crippen molar-refractivity contribution in [1.82, 2.24) is 14.9 Å². The van der Waals surface area contributed by atoms with Gasteiger partial charge in [0.15, 0.2) is 0 Å². The molecule has 2 heterocycles. The largest absolute Gasteiger partial charge is 0.370 e. The Labute approximate surface area is 127 Å². The zero-order valence-electron chi connectivity index (χ0n) is 13.4. The molecule has 116 valence electrons. The fourth-order valence-electron chi connectivity index (χ4n) is 3.09. The van der Waals surface area contributed by atoms with E-state index in [2.05, 4.69) is 47.5 Å². The first-order valence-corrected chi connectivity index (χ1v) is 8.23. The van der Waals surface area contributed by atoms with E-state index in [0.29, 0.717) is 17.9 Å². The van der Waals surface area contributed by atoms with Crippen LogP contribution in [0, 0.1) is 5.92 Å². The van der Waals surface area contributed by atoms with Gasteiger partial charge in [0.1, 0.15) is 17.5 Å². The van der Waals surface area contributed by atoms with Gasteiger partial charge < -0.3 is 15.5 Å². The fraction of sp³-hybridized carbons (Fsp3) is 0.750. The van der Waals surface area contributed by atoms with Gasteiger partial charge in [-0.2, -0.15) is 0 Å². The van der Waals surface area contributed by atoms with E-state index in [1.54, 1.807) is 0 Å². The Morgan fingerprint density at radius 2 is 2.00 bits per heavy atom. The van der Waals surface area contributed by atoms with Gasteiger partial charge in [-0.3, -0.25) is 0 Å². The van der Waals surface area contributed by atoms with Crippen LogP contribution in [0.1, 0.15) is 44.9 Å². The fourth-order valence-corrected chi connectivity index (χ4v) is 3.09. The van der Waals surface area contributed by atoms with E-state index in [1.807, 2.05) is 0 Å². The molecule has 1 aliphatic heterocycles. The Balaban J connectivity index is 1.74. The topological polar surface area (TPSA) is 53.1 Å². The van der Waals surface area contributed by atoms with E-state index < -0.39 is 0 Å². The van der Waals surface area contributed by atoms with Crippen LogP contribution in [0.4, 0.5) is 11.6 Å². The van der Waals surface area contributed by atoms with Gasteiger partial charge in [-0.25, -0.2) is 9.97 Å². The number of rotatable bonds is 5. The second kappa shape index (κ2) is 6.18. The standard InChI is InChI=1S/C16H27N5/c1-4-17-14-9-15(20-16(19-14)12-5-6-12)18-13-7-8-21(3)10-11(13)2/h9,11-13H,4-8,10H2,1-3H3,(H2,17,18,19,20). The summed E-state index contributed by atoms with van der Waals surface area (Å²) < 4.78 is 0. The summed E-state index contributed by atoms with van der Waals surface area (Å²) in [6, 6.07) is 2.57.